The molecule has 0 spiro atoms. The van der Waals surface area contributed by atoms with Crippen LogP contribution >= 0.6 is 0 Å². The van der Waals surface area contributed by atoms with Gasteiger partial charge in [-0.05, 0) is 50.1 Å². The SMILES string of the molecule is Cc1ccc(NC(=O)c2cc(NC(=O)[C@@H]3CC=CC[C@@H]3C(=O)O)ccc2N2CCOCC2)cc1. The van der Waals surface area contributed by atoms with Crippen molar-refractivity contribution in [2.24, 2.45) is 11.8 Å². The number of anilines is 3. The summed E-state index contributed by atoms with van der Waals surface area (Å²) < 4.78 is 5.45. The lowest BCUT2D eigenvalue weighted by Gasteiger charge is -2.30. The van der Waals surface area contributed by atoms with Crippen LogP contribution in [-0.2, 0) is 14.3 Å². The molecule has 0 radical (unpaired) electrons. The number of carbonyl (C=O) groups excluding carboxylic acids is 2. The Morgan fingerprint density at radius 1 is 0.912 bits per heavy atom. The summed E-state index contributed by atoms with van der Waals surface area (Å²) in [6.07, 6.45) is 4.34. The Morgan fingerprint density at radius 3 is 2.24 bits per heavy atom. The number of hydrogen-bond acceptors (Lipinski definition) is 5. The molecule has 3 N–H and O–H groups in total. The van der Waals surface area contributed by atoms with E-state index in [1.54, 1.807) is 18.2 Å². The van der Waals surface area contributed by atoms with Crippen LogP contribution in [0.4, 0.5) is 17.1 Å². The van der Waals surface area contributed by atoms with Crippen LogP contribution in [-0.4, -0.2) is 49.2 Å². The van der Waals surface area contributed by atoms with E-state index in [0.717, 1.165) is 11.3 Å². The van der Waals surface area contributed by atoms with Crippen LogP contribution in [0.15, 0.2) is 54.6 Å². The molecule has 2 amide bonds. The third kappa shape index (κ3) is 5.46. The number of ether oxygens (including phenoxy) is 1. The van der Waals surface area contributed by atoms with Gasteiger partial charge in [0.2, 0.25) is 5.91 Å². The lowest BCUT2D eigenvalue weighted by atomic mass is 9.82. The van der Waals surface area contributed by atoms with Gasteiger partial charge in [0.25, 0.3) is 5.91 Å². The molecule has 178 valence electrons. The maximum atomic E-state index is 13.3. The molecule has 1 saturated heterocycles. The van der Waals surface area contributed by atoms with Gasteiger partial charge in [0, 0.05) is 30.2 Å². The number of rotatable bonds is 6. The number of hydrogen-bond donors (Lipinski definition) is 3. The Bertz CT molecular complexity index is 1090. The Morgan fingerprint density at radius 2 is 1.56 bits per heavy atom. The third-order valence-corrected chi connectivity index (χ3v) is 6.26. The average Bonchev–Trinajstić information content (AvgIpc) is 2.86. The fraction of sp³-hybridized carbons (Fsp3) is 0.346. The molecule has 1 heterocycles. The van der Waals surface area contributed by atoms with Gasteiger partial charge in [0.05, 0.1) is 30.6 Å². The smallest absolute Gasteiger partial charge is 0.307 e. The van der Waals surface area contributed by atoms with Crippen molar-refractivity contribution in [3.8, 4) is 0 Å². The van der Waals surface area contributed by atoms with Gasteiger partial charge in [-0.15, -0.1) is 0 Å². The second-order valence-corrected chi connectivity index (χ2v) is 8.63. The number of benzene rings is 2. The summed E-state index contributed by atoms with van der Waals surface area (Å²) in [7, 11) is 0. The van der Waals surface area contributed by atoms with Gasteiger partial charge >= 0.3 is 5.97 Å². The van der Waals surface area contributed by atoms with Crippen molar-refractivity contribution >= 4 is 34.8 Å². The summed E-state index contributed by atoms with van der Waals surface area (Å²) >= 11 is 0. The number of carbonyl (C=O) groups is 3. The van der Waals surface area contributed by atoms with Crippen molar-refractivity contribution in [2.45, 2.75) is 19.8 Å². The summed E-state index contributed by atoms with van der Waals surface area (Å²) in [6, 6.07) is 12.8. The Hall–Kier alpha value is -3.65. The first-order valence-corrected chi connectivity index (χ1v) is 11.5. The number of allylic oxidation sites excluding steroid dienone is 2. The van der Waals surface area contributed by atoms with E-state index >= 15 is 0 Å². The first kappa shape index (κ1) is 23.5. The van der Waals surface area contributed by atoms with Crippen molar-refractivity contribution in [1.82, 2.24) is 0 Å². The average molecular weight is 464 g/mol. The molecule has 0 aromatic heterocycles. The van der Waals surface area contributed by atoms with E-state index in [2.05, 4.69) is 15.5 Å². The van der Waals surface area contributed by atoms with Gasteiger partial charge in [0.1, 0.15) is 0 Å². The summed E-state index contributed by atoms with van der Waals surface area (Å²) in [5.74, 6) is -3.05. The van der Waals surface area contributed by atoms with E-state index in [1.165, 1.54) is 0 Å². The fourth-order valence-corrected chi connectivity index (χ4v) is 4.32. The molecule has 0 unspecified atom stereocenters. The monoisotopic (exact) mass is 463 g/mol. The minimum atomic E-state index is -0.981. The number of carboxylic acid groups (broad SMARTS) is 1. The molecule has 1 fully saturated rings. The van der Waals surface area contributed by atoms with Gasteiger partial charge in [-0.1, -0.05) is 29.8 Å². The van der Waals surface area contributed by atoms with Crippen molar-refractivity contribution < 1.29 is 24.2 Å². The van der Waals surface area contributed by atoms with Crippen LogP contribution in [0.25, 0.3) is 0 Å². The molecule has 2 aromatic carbocycles. The van der Waals surface area contributed by atoms with Gasteiger partial charge in [0.15, 0.2) is 0 Å². The predicted molar refractivity (Wildman–Crippen MR) is 130 cm³/mol. The lowest BCUT2D eigenvalue weighted by Crippen LogP contribution is -2.37. The van der Waals surface area contributed by atoms with E-state index < -0.39 is 17.8 Å². The quantitative estimate of drug-likeness (QED) is 0.564. The molecule has 4 rings (SSSR count). The van der Waals surface area contributed by atoms with Gasteiger partial charge < -0.3 is 25.4 Å². The lowest BCUT2D eigenvalue weighted by molar-refractivity contribution is -0.146. The number of carboxylic acids is 1. The van der Waals surface area contributed by atoms with Crippen molar-refractivity contribution in [3.63, 3.8) is 0 Å². The largest absolute Gasteiger partial charge is 0.481 e. The van der Waals surface area contributed by atoms with Crippen molar-refractivity contribution in [1.29, 1.82) is 0 Å². The minimum absolute atomic E-state index is 0.287. The molecule has 2 aliphatic rings. The highest BCUT2D eigenvalue weighted by Crippen LogP contribution is 2.30. The summed E-state index contributed by atoms with van der Waals surface area (Å²) in [5, 5.41) is 15.3. The highest BCUT2D eigenvalue weighted by molar-refractivity contribution is 6.09. The standard InChI is InChI=1S/C26H29N3O5/c1-17-6-8-18(9-7-17)27-25(31)22-16-19(10-11-23(22)29-12-14-34-15-13-29)28-24(30)20-4-2-3-5-21(20)26(32)33/h2-3,6-11,16,20-21H,4-5,12-15H2,1H3,(H,27,31)(H,28,30)(H,32,33)/t20-,21+/m1/s1. The molecule has 2 atom stereocenters. The normalized spacial score (nSPS) is 20.0. The minimum Gasteiger partial charge on any atom is -0.481 e. The highest BCUT2D eigenvalue weighted by atomic mass is 16.5. The van der Waals surface area contributed by atoms with Crippen LogP contribution in [0.5, 0.6) is 0 Å². The van der Waals surface area contributed by atoms with Crippen molar-refractivity contribution in [2.75, 3.05) is 41.8 Å². The topological polar surface area (TPSA) is 108 Å². The zero-order chi connectivity index (χ0) is 24.1. The number of nitrogens with one attached hydrogen (secondary N) is 2. The predicted octanol–water partition coefficient (Wildman–Crippen LogP) is 3.69. The fourth-order valence-electron chi connectivity index (χ4n) is 4.32. The number of aliphatic carboxylic acids is 1. The number of nitrogens with zero attached hydrogens (tertiary/aromatic N) is 1. The number of aryl methyl sites for hydroxylation is 1. The zero-order valence-electron chi connectivity index (χ0n) is 19.1. The first-order chi connectivity index (χ1) is 16.4. The summed E-state index contributed by atoms with van der Waals surface area (Å²) in [5.41, 5.74) is 3.41. The Balaban J connectivity index is 1.59. The van der Waals surface area contributed by atoms with Crippen LogP contribution in [0.3, 0.4) is 0 Å². The molecular weight excluding hydrogens is 434 g/mol. The van der Waals surface area contributed by atoms with E-state index in [4.69, 9.17) is 4.74 Å². The highest BCUT2D eigenvalue weighted by Gasteiger charge is 2.34. The van der Waals surface area contributed by atoms with E-state index in [0.29, 0.717) is 56.1 Å². The summed E-state index contributed by atoms with van der Waals surface area (Å²) in [6.45, 7) is 4.44. The maximum Gasteiger partial charge on any atom is 0.307 e. The van der Waals surface area contributed by atoms with Crippen LogP contribution in [0.1, 0.15) is 28.8 Å². The third-order valence-electron chi connectivity index (χ3n) is 6.26. The number of morpholine rings is 1. The van der Waals surface area contributed by atoms with Gasteiger partial charge in [-0.25, -0.2) is 0 Å². The van der Waals surface area contributed by atoms with E-state index in [9.17, 15) is 19.5 Å². The van der Waals surface area contributed by atoms with Gasteiger partial charge in [-0.2, -0.15) is 0 Å². The van der Waals surface area contributed by atoms with Crippen LogP contribution in [0.2, 0.25) is 0 Å². The molecule has 1 aliphatic heterocycles. The van der Waals surface area contributed by atoms with Gasteiger partial charge in [-0.3, -0.25) is 14.4 Å². The second-order valence-electron chi connectivity index (χ2n) is 8.63. The van der Waals surface area contributed by atoms with Crippen molar-refractivity contribution in [3.05, 3.63) is 65.7 Å². The van der Waals surface area contributed by atoms with E-state index in [1.807, 2.05) is 43.3 Å². The molecule has 2 aromatic rings. The number of amides is 2. The molecule has 1 aliphatic carbocycles. The Labute approximate surface area is 198 Å². The van der Waals surface area contributed by atoms with Crippen LogP contribution in [0, 0.1) is 18.8 Å². The van der Waals surface area contributed by atoms with E-state index in [-0.39, 0.29) is 11.8 Å². The molecule has 0 saturated carbocycles. The summed E-state index contributed by atoms with van der Waals surface area (Å²) in [4.78, 5) is 39.9. The molecule has 34 heavy (non-hydrogen) atoms. The zero-order valence-corrected chi connectivity index (χ0v) is 19.1. The molecule has 8 heteroatoms. The molecule has 0 bridgehead atoms. The first-order valence-electron chi connectivity index (χ1n) is 11.5. The van der Waals surface area contributed by atoms with Crippen LogP contribution < -0.4 is 15.5 Å². The molecular formula is C26H29N3O5. The molecule has 8 nitrogen and oxygen atoms in total. The Kier molecular flexibility index (Phi) is 7.27. The second kappa shape index (κ2) is 10.5. The maximum absolute atomic E-state index is 13.3.